The zero-order valence-electron chi connectivity index (χ0n) is 13.9. The van der Waals surface area contributed by atoms with E-state index >= 15 is 0 Å². The summed E-state index contributed by atoms with van der Waals surface area (Å²) in [6.45, 7) is 4.57. The fourth-order valence-corrected chi connectivity index (χ4v) is 2.61. The predicted octanol–water partition coefficient (Wildman–Crippen LogP) is 4.47. The van der Waals surface area contributed by atoms with Gasteiger partial charge in [0.15, 0.2) is 0 Å². The molecule has 1 aromatic heterocycles. The molecule has 0 unspecified atom stereocenters. The summed E-state index contributed by atoms with van der Waals surface area (Å²) in [5, 5.41) is 0. The van der Waals surface area contributed by atoms with Gasteiger partial charge in [-0.05, 0) is 60.1 Å². The molecule has 0 aliphatic carbocycles. The lowest BCUT2D eigenvalue weighted by Crippen LogP contribution is -2.08. The average molecular weight is 299 g/mol. The Morgan fingerprint density at radius 2 is 1.55 bits per heavy atom. The second-order valence-corrected chi connectivity index (χ2v) is 5.81. The lowest BCUT2D eigenvalue weighted by atomic mass is 9.85. The number of hydrogen-bond donors (Lipinski definition) is 0. The van der Waals surface area contributed by atoms with Crippen molar-refractivity contribution in [2.45, 2.75) is 32.6 Å². The van der Waals surface area contributed by atoms with Crippen molar-refractivity contribution in [3.05, 3.63) is 53.9 Å². The van der Waals surface area contributed by atoms with Crippen LogP contribution >= 0.6 is 0 Å². The van der Waals surface area contributed by atoms with Crippen molar-refractivity contribution in [1.29, 1.82) is 0 Å². The minimum Gasteiger partial charge on any atom is -0.497 e. The molecule has 0 aliphatic rings. The van der Waals surface area contributed by atoms with Gasteiger partial charge in [-0.2, -0.15) is 0 Å². The largest absolute Gasteiger partial charge is 0.497 e. The highest BCUT2D eigenvalue weighted by atomic mass is 16.5. The Kier molecular flexibility index (Phi) is 5.82. The number of benzene rings is 1. The summed E-state index contributed by atoms with van der Waals surface area (Å²) in [7, 11) is 3.38. The summed E-state index contributed by atoms with van der Waals surface area (Å²) >= 11 is 0. The quantitative estimate of drug-likeness (QED) is 0.756. The normalized spacial score (nSPS) is 13.5. The summed E-state index contributed by atoms with van der Waals surface area (Å²) in [6.07, 6.45) is 5.94. The van der Waals surface area contributed by atoms with E-state index in [9.17, 15) is 0 Å². The first-order chi connectivity index (χ1) is 10.6. The molecule has 0 fully saturated rings. The Balaban J connectivity index is 2.05. The number of pyridine rings is 1. The molecule has 0 saturated carbocycles. The standard InChI is InChI=1S/C19H25NO2/c1-14(5-6-16-7-9-20-10-8-16)15(2)17-11-18(21-3)13-19(12-17)22-4/h7-15H,5-6H2,1-4H3/t14-,15+/m1/s1. The van der Waals surface area contributed by atoms with Crippen molar-refractivity contribution in [1.82, 2.24) is 4.98 Å². The molecule has 0 aliphatic heterocycles. The van der Waals surface area contributed by atoms with Gasteiger partial charge in [0.2, 0.25) is 0 Å². The van der Waals surface area contributed by atoms with Crippen LogP contribution in [-0.2, 0) is 6.42 Å². The third-order valence-corrected chi connectivity index (χ3v) is 4.39. The molecule has 0 saturated heterocycles. The van der Waals surface area contributed by atoms with Gasteiger partial charge in [-0.15, -0.1) is 0 Å². The van der Waals surface area contributed by atoms with Gasteiger partial charge in [0.25, 0.3) is 0 Å². The molecule has 2 aromatic rings. The fourth-order valence-electron chi connectivity index (χ4n) is 2.61. The molecule has 0 N–H and O–H groups in total. The second-order valence-electron chi connectivity index (χ2n) is 5.81. The smallest absolute Gasteiger partial charge is 0.122 e. The molecular weight excluding hydrogens is 274 g/mol. The molecule has 3 nitrogen and oxygen atoms in total. The number of nitrogens with zero attached hydrogens (tertiary/aromatic N) is 1. The van der Waals surface area contributed by atoms with Gasteiger partial charge in [0.05, 0.1) is 14.2 Å². The Morgan fingerprint density at radius 1 is 0.955 bits per heavy atom. The first-order valence-corrected chi connectivity index (χ1v) is 7.76. The zero-order valence-corrected chi connectivity index (χ0v) is 13.9. The third-order valence-electron chi connectivity index (χ3n) is 4.39. The van der Waals surface area contributed by atoms with Crippen LogP contribution in [0, 0.1) is 5.92 Å². The fraction of sp³-hybridized carbons (Fsp3) is 0.421. The molecule has 2 rings (SSSR count). The van der Waals surface area contributed by atoms with Gasteiger partial charge in [-0.25, -0.2) is 0 Å². The Hall–Kier alpha value is -2.03. The Bertz CT molecular complexity index is 561. The van der Waals surface area contributed by atoms with E-state index in [-0.39, 0.29) is 0 Å². The van der Waals surface area contributed by atoms with Gasteiger partial charge in [0, 0.05) is 18.5 Å². The van der Waals surface area contributed by atoms with Crippen molar-refractivity contribution in [3.63, 3.8) is 0 Å². The molecular formula is C19H25NO2. The van der Waals surface area contributed by atoms with Crippen molar-refractivity contribution >= 4 is 0 Å². The van der Waals surface area contributed by atoms with Gasteiger partial charge in [0.1, 0.15) is 11.5 Å². The molecule has 0 bridgehead atoms. The molecule has 118 valence electrons. The highest BCUT2D eigenvalue weighted by Crippen LogP contribution is 2.33. The van der Waals surface area contributed by atoms with E-state index in [0.29, 0.717) is 11.8 Å². The molecule has 22 heavy (non-hydrogen) atoms. The van der Waals surface area contributed by atoms with E-state index in [1.165, 1.54) is 11.1 Å². The van der Waals surface area contributed by atoms with E-state index in [0.717, 1.165) is 24.3 Å². The SMILES string of the molecule is COc1cc(OC)cc([C@@H](C)[C@H](C)CCc2ccncc2)c1. The van der Waals surface area contributed by atoms with Crippen molar-refractivity contribution < 1.29 is 9.47 Å². The highest BCUT2D eigenvalue weighted by molar-refractivity contribution is 5.40. The van der Waals surface area contributed by atoms with Crippen LogP contribution in [0.3, 0.4) is 0 Å². The summed E-state index contributed by atoms with van der Waals surface area (Å²) in [5.41, 5.74) is 2.61. The first kappa shape index (κ1) is 16.3. The van der Waals surface area contributed by atoms with Crippen LogP contribution in [0.25, 0.3) is 0 Å². The van der Waals surface area contributed by atoms with Crippen LogP contribution in [0.4, 0.5) is 0 Å². The number of methoxy groups -OCH3 is 2. The number of ether oxygens (including phenoxy) is 2. The minimum atomic E-state index is 0.450. The van der Waals surface area contributed by atoms with Gasteiger partial charge in [-0.3, -0.25) is 4.98 Å². The molecule has 3 heteroatoms. The van der Waals surface area contributed by atoms with Crippen LogP contribution in [-0.4, -0.2) is 19.2 Å². The first-order valence-electron chi connectivity index (χ1n) is 7.76. The summed E-state index contributed by atoms with van der Waals surface area (Å²) in [4.78, 5) is 4.07. The molecule has 0 spiro atoms. The minimum absolute atomic E-state index is 0.450. The van der Waals surface area contributed by atoms with Gasteiger partial charge >= 0.3 is 0 Å². The summed E-state index contributed by atoms with van der Waals surface area (Å²) in [6, 6.07) is 10.3. The second kappa shape index (κ2) is 7.83. The third kappa shape index (κ3) is 4.23. The number of aromatic nitrogens is 1. The summed E-state index contributed by atoms with van der Waals surface area (Å²) < 4.78 is 10.7. The van der Waals surface area contributed by atoms with Crippen molar-refractivity contribution in [2.75, 3.05) is 14.2 Å². The molecule has 1 aromatic carbocycles. The maximum absolute atomic E-state index is 5.37. The monoisotopic (exact) mass is 299 g/mol. The Morgan fingerprint density at radius 3 is 2.09 bits per heavy atom. The molecule has 2 atom stereocenters. The van der Waals surface area contributed by atoms with Crippen LogP contribution in [0.15, 0.2) is 42.7 Å². The Labute approximate surface area is 133 Å². The van der Waals surface area contributed by atoms with E-state index in [1.54, 1.807) is 14.2 Å². The number of hydrogen-bond acceptors (Lipinski definition) is 3. The molecule has 1 heterocycles. The van der Waals surface area contributed by atoms with Crippen LogP contribution in [0.1, 0.15) is 37.3 Å². The maximum atomic E-state index is 5.37. The maximum Gasteiger partial charge on any atom is 0.122 e. The van der Waals surface area contributed by atoms with E-state index < -0.39 is 0 Å². The zero-order chi connectivity index (χ0) is 15.9. The predicted molar refractivity (Wildman–Crippen MR) is 89.7 cm³/mol. The van der Waals surface area contributed by atoms with Crippen molar-refractivity contribution in [3.8, 4) is 11.5 Å². The molecule has 0 radical (unpaired) electrons. The van der Waals surface area contributed by atoms with Gasteiger partial charge < -0.3 is 9.47 Å². The van der Waals surface area contributed by atoms with Crippen LogP contribution in [0.5, 0.6) is 11.5 Å². The van der Waals surface area contributed by atoms with Crippen LogP contribution < -0.4 is 9.47 Å². The van der Waals surface area contributed by atoms with Gasteiger partial charge in [-0.1, -0.05) is 13.8 Å². The number of aryl methyl sites for hydroxylation is 1. The average Bonchev–Trinajstić information content (AvgIpc) is 2.59. The van der Waals surface area contributed by atoms with E-state index in [2.05, 4.69) is 43.1 Å². The van der Waals surface area contributed by atoms with Crippen molar-refractivity contribution in [2.24, 2.45) is 5.92 Å². The molecule has 0 amide bonds. The van der Waals surface area contributed by atoms with E-state index in [4.69, 9.17) is 9.47 Å². The lowest BCUT2D eigenvalue weighted by molar-refractivity contribution is 0.389. The number of rotatable bonds is 7. The van der Waals surface area contributed by atoms with E-state index in [1.807, 2.05) is 18.5 Å². The van der Waals surface area contributed by atoms with Crippen LogP contribution in [0.2, 0.25) is 0 Å². The topological polar surface area (TPSA) is 31.4 Å². The lowest BCUT2D eigenvalue weighted by Gasteiger charge is -2.21. The highest BCUT2D eigenvalue weighted by Gasteiger charge is 2.16. The summed E-state index contributed by atoms with van der Waals surface area (Å²) in [5.74, 6) is 2.72.